The van der Waals surface area contributed by atoms with Crippen molar-refractivity contribution in [2.75, 3.05) is 6.54 Å². The van der Waals surface area contributed by atoms with Crippen LogP contribution in [0.2, 0.25) is 0 Å². The fourth-order valence-electron chi connectivity index (χ4n) is 1.99. The molecule has 2 aromatic rings. The van der Waals surface area contributed by atoms with E-state index in [0.29, 0.717) is 16.4 Å². The predicted molar refractivity (Wildman–Crippen MR) is 77.2 cm³/mol. The second-order valence-electron chi connectivity index (χ2n) is 4.36. The quantitative estimate of drug-likeness (QED) is 0.822. The monoisotopic (exact) mass is 277 g/mol. The maximum absolute atomic E-state index is 5.43. The van der Waals surface area contributed by atoms with Crippen molar-refractivity contribution in [1.82, 2.24) is 15.5 Å². The number of rotatable bonds is 6. The Hall–Kier alpha value is -1.33. The number of nitrogens with one attached hydrogen (secondary N) is 1. The molecule has 2 atom stereocenters. The second-order valence-corrected chi connectivity index (χ2v) is 5.68. The Balaban J connectivity index is 2.10. The van der Waals surface area contributed by atoms with Gasteiger partial charge in [0.2, 0.25) is 5.89 Å². The van der Waals surface area contributed by atoms with Crippen LogP contribution in [0.3, 0.4) is 0 Å². The van der Waals surface area contributed by atoms with Crippen molar-refractivity contribution in [3.8, 4) is 0 Å². The van der Waals surface area contributed by atoms with Gasteiger partial charge in [-0.15, -0.1) is 10.2 Å². The summed E-state index contributed by atoms with van der Waals surface area (Å²) in [6.07, 6.45) is 0. The summed E-state index contributed by atoms with van der Waals surface area (Å²) in [6, 6.07) is 10.7. The topological polar surface area (TPSA) is 51.0 Å². The fourth-order valence-corrected chi connectivity index (χ4v) is 2.95. The molecule has 2 rings (SSSR count). The Kier molecular flexibility index (Phi) is 4.99. The molecule has 19 heavy (non-hydrogen) atoms. The molecule has 0 saturated heterocycles. The van der Waals surface area contributed by atoms with E-state index in [-0.39, 0.29) is 6.04 Å². The summed E-state index contributed by atoms with van der Waals surface area (Å²) in [5.74, 6) is 0.606. The van der Waals surface area contributed by atoms with E-state index in [2.05, 4.69) is 53.6 Å². The molecule has 0 bridgehead atoms. The lowest BCUT2D eigenvalue weighted by molar-refractivity contribution is 0.426. The van der Waals surface area contributed by atoms with Crippen LogP contribution in [-0.4, -0.2) is 22.0 Å². The highest BCUT2D eigenvalue weighted by atomic mass is 32.2. The van der Waals surface area contributed by atoms with E-state index in [0.717, 1.165) is 6.54 Å². The smallest absolute Gasteiger partial charge is 0.276 e. The molecule has 0 spiro atoms. The number of aromatic nitrogens is 2. The molecule has 5 heteroatoms. The van der Waals surface area contributed by atoms with E-state index in [1.807, 2.05) is 6.07 Å². The normalized spacial score (nSPS) is 14.3. The van der Waals surface area contributed by atoms with Crippen LogP contribution < -0.4 is 5.32 Å². The van der Waals surface area contributed by atoms with Crippen LogP contribution in [-0.2, 0) is 0 Å². The van der Waals surface area contributed by atoms with Gasteiger partial charge in [0.05, 0.1) is 0 Å². The molecule has 102 valence electrons. The largest absolute Gasteiger partial charge is 0.416 e. The van der Waals surface area contributed by atoms with Crippen molar-refractivity contribution in [2.45, 2.75) is 37.3 Å². The molecule has 0 saturated carbocycles. The van der Waals surface area contributed by atoms with Gasteiger partial charge >= 0.3 is 0 Å². The van der Waals surface area contributed by atoms with Crippen molar-refractivity contribution in [3.05, 3.63) is 41.8 Å². The van der Waals surface area contributed by atoms with E-state index in [1.54, 1.807) is 18.7 Å². The van der Waals surface area contributed by atoms with E-state index in [9.17, 15) is 0 Å². The molecule has 4 nitrogen and oxygen atoms in total. The summed E-state index contributed by atoms with van der Waals surface area (Å²) >= 11 is 1.60. The zero-order chi connectivity index (χ0) is 13.7. The average molecular weight is 277 g/mol. The highest BCUT2D eigenvalue weighted by molar-refractivity contribution is 7.99. The van der Waals surface area contributed by atoms with Crippen LogP contribution in [0.15, 0.2) is 40.0 Å². The molecule has 0 fully saturated rings. The number of thioether (sulfide) groups is 1. The van der Waals surface area contributed by atoms with Gasteiger partial charge in [0.15, 0.2) is 0 Å². The van der Waals surface area contributed by atoms with Gasteiger partial charge in [-0.05, 0) is 12.1 Å². The van der Waals surface area contributed by atoms with Gasteiger partial charge in [-0.1, -0.05) is 55.9 Å². The third kappa shape index (κ3) is 3.81. The van der Waals surface area contributed by atoms with Gasteiger partial charge in [-0.3, -0.25) is 0 Å². The number of hydrogen-bond donors (Lipinski definition) is 1. The first-order valence-corrected chi connectivity index (χ1v) is 7.33. The third-order valence-electron chi connectivity index (χ3n) is 2.85. The summed E-state index contributed by atoms with van der Waals surface area (Å²) in [5.41, 5.74) is 1.28. The molecule has 0 amide bonds. The zero-order valence-electron chi connectivity index (χ0n) is 11.5. The minimum absolute atomic E-state index is 0.267. The molecule has 1 aromatic heterocycles. The Morgan fingerprint density at radius 3 is 2.58 bits per heavy atom. The summed E-state index contributed by atoms with van der Waals surface area (Å²) < 4.78 is 5.43. The first-order chi connectivity index (χ1) is 9.20. The zero-order valence-corrected chi connectivity index (χ0v) is 12.3. The number of benzene rings is 1. The van der Waals surface area contributed by atoms with Gasteiger partial charge in [-0.2, -0.15) is 0 Å². The Bertz CT molecular complexity index is 500. The molecular formula is C14H19N3OS. The maximum Gasteiger partial charge on any atom is 0.276 e. The highest BCUT2D eigenvalue weighted by Gasteiger charge is 2.21. The Morgan fingerprint density at radius 1 is 1.26 bits per heavy atom. The van der Waals surface area contributed by atoms with Crippen molar-refractivity contribution in [3.63, 3.8) is 0 Å². The van der Waals surface area contributed by atoms with Crippen LogP contribution in [0.25, 0.3) is 0 Å². The third-order valence-corrected chi connectivity index (χ3v) is 3.86. The van der Waals surface area contributed by atoms with Crippen molar-refractivity contribution < 1.29 is 4.42 Å². The fraction of sp³-hybridized carbons (Fsp3) is 0.429. The SMILES string of the molecule is CCNC(c1ccccc1)C(C)Sc1nnc(C)o1. The first-order valence-electron chi connectivity index (χ1n) is 6.45. The molecule has 0 aliphatic carbocycles. The standard InChI is InChI=1S/C14H19N3OS/c1-4-15-13(12-8-6-5-7-9-12)10(2)19-14-17-16-11(3)18-14/h5-10,13,15H,4H2,1-3H3. The molecule has 1 N–H and O–H groups in total. The molecule has 1 heterocycles. The van der Waals surface area contributed by atoms with Gasteiger partial charge in [-0.25, -0.2) is 0 Å². The molecular weight excluding hydrogens is 258 g/mol. The minimum atomic E-state index is 0.267. The Morgan fingerprint density at radius 2 is 2.00 bits per heavy atom. The van der Waals surface area contributed by atoms with Crippen LogP contribution in [0.1, 0.15) is 31.3 Å². The summed E-state index contributed by atoms with van der Waals surface area (Å²) in [4.78, 5) is 0. The summed E-state index contributed by atoms with van der Waals surface area (Å²) in [6.45, 7) is 7.02. The molecule has 1 aromatic carbocycles. The second kappa shape index (κ2) is 6.73. The summed E-state index contributed by atoms with van der Waals surface area (Å²) in [7, 11) is 0. The van der Waals surface area contributed by atoms with E-state index >= 15 is 0 Å². The van der Waals surface area contributed by atoms with Crippen LogP contribution in [0.4, 0.5) is 0 Å². The first kappa shape index (κ1) is 14.1. The van der Waals surface area contributed by atoms with Crippen molar-refractivity contribution in [2.24, 2.45) is 0 Å². The minimum Gasteiger partial charge on any atom is -0.416 e. The maximum atomic E-state index is 5.43. The molecule has 2 unspecified atom stereocenters. The molecule has 0 aliphatic rings. The van der Waals surface area contributed by atoms with Gasteiger partial charge in [0.25, 0.3) is 5.22 Å². The van der Waals surface area contributed by atoms with Gasteiger partial charge in [0.1, 0.15) is 0 Å². The van der Waals surface area contributed by atoms with E-state index < -0.39 is 0 Å². The predicted octanol–water partition coefficient (Wildman–Crippen LogP) is 3.21. The van der Waals surface area contributed by atoms with Crippen LogP contribution in [0.5, 0.6) is 0 Å². The van der Waals surface area contributed by atoms with Gasteiger partial charge < -0.3 is 9.73 Å². The lowest BCUT2D eigenvalue weighted by Crippen LogP contribution is -2.28. The highest BCUT2D eigenvalue weighted by Crippen LogP contribution is 2.31. The van der Waals surface area contributed by atoms with E-state index in [4.69, 9.17) is 4.42 Å². The van der Waals surface area contributed by atoms with Crippen molar-refractivity contribution in [1.29, 1.82) is 0 Å². The summed E-state index contributed by atoms with van der Waals surface area (Å²) in [5, 5.41) is 12.4. The number of nitrogens with zero attached hydrogens (tertiary/aromatic N) is 2. The van der Waals surface area contributed by atoms with E-state index in [1.165, 1.54) is 5.56 Å². The lowest BCUT2D eigenvalue weighted by atomic mass is 10.0. The van der Waals surface area contributed by atoms with Crippen molar-refractivity contribution >= 4 is 11.8 Å². The Labute approximate surface area is 118 Å². The number of hydrogen-bond acceptors (Lipinski definition) is 5. The molecule has 0 radical (unpaired) electrons. The van der Waals surface area contributed by atoms with Crippen LogP contribution in [0, 0.1) is 6.92 Å². The number of aryl methyl sites for hydroxylation is 1. The lowest BCUT2D eigenvalue weighted by Gasteiger charge is -2.23. The van der Waals surface area contributed by atoms with Gasteiger partial charge in [0, 0.05) is 18.2 Å². The molecule has 0 aliphatic heterocycles. The van der Waals surface area contributed by atoms with Crippen LogP contribution >= 0.6 is 11.8 Å². The average Bonchev–Trinajstić information content (AvgIpc) is 2.82.